The van der Waals surface area contributed by atoms with Gasteiger partial charge in [0, 0.05) is 6.42 Å². The molecule has 1 amide bonds. The van der Waals surface area contributed by atoms with Crippen LogP contribution in [0.1, 0.15) is 206 Å². The highest BCUT2D eigenvalue weighted by molar-refractivity contribution is 7.45. The number of hydrogen-bond acceptors (Lipinski definition) is 6. The molecule has 9 heteroatoms. The normalized spacial score (nSPS) is 15.0. The fourth-order valence-electron chi connectivity index (χ4n) is 7.56. The maximum Gasteiger partial charge on any atom is 0.268 e. The highest BCUT2D eigenvalue weighted by atomic mass is 31.2. The van der Waals surface area contributed by atoms with Crippen molar-refractivity contribution in [3.05, 3.63) is 158 Å². The number of allylic oxidation sites excluding steroid dienone is 25. The topological polar surface area (TPSA) is 108 Å². The molecule has 0 saturated heterocycles. The van der Waals surface area contributed by atoms with E-state index >= 15 is 0 Å². The van der Waals surface area contributed by atoms with Gasteiger partial charge in [0.2, 0.25) is 5.91 Å². The van der Waals surface area contributed by atoms with Gasteiger partial charge in [0.25, 0.3) is 7.82 Å². The first-order chi connectivity index (χ1) is 37.0. The molecule has 0 radical (unpaired) electrons. The molecule has 0 bridgehead atoms. The van der Waals surface area contributed by atoms with E-state index in [1.54, 1.807) is 6.08 Å². The van der Waals surface area contributed by atoms with Gasteiger partial charge in [-0.1, -0.05) is 236 Å². The van der Waals surface area contributed by atoms with Crippen molar-refractivity contribution in [1.29, 1.82) is 0 Å². The summed E-state index contributed by atoms with van der Waals surface area (Å²) < 4.78 is 23.3. The van der Waals surface area contributed by atoms with Crippen LogP contribution in [-0.4, -0.2) is 68.5 Å². The molecule has 0 spiro atoms. The average molecular weight is 1070 g/mol. The monoisotopic (exact) mass is 1070 g/mol. The lowest BCUT2D eigenvalue weighted by molar-refractivity contribution is -0.870. The summed E-state index contributed by atoms with van der Waals surface area (Å²) in [4.78, 5) is 25.5. The van der Waals surface area contributed by atoms with E-state index in [0.29, 0.717) is 23.9 Å². The van der Waals surface area contributed by atoms with Crippen molar-refractivity contribution in [2.45, 2.75) is 219 Å². The minimum absolute atomic E-state index is 0.0234. The number of carbonyl (C=O) groups excluding carboxylic acids is 1. The zero-order valence-corrected chi connectivity index (χ0v) is 49.8. The van der Waals surface area contributed by atoms with Gasteiger partial charge in [-0.3, -0.25) is 9.36 Å². The number of nitrogens with zero attached hydrogens (tertiary/aromatic N) is 1. The quantitative estimate of drug-likeness (QED) is 0.0272. The SMILES string of the molecule is CC/C=C\C/C=C\C/C=C\C/C=C\C/C=C\C/C=C\C/C=C\C/C=C\C/C=C\C/C=C\CCCCCCC(=O)NC(COP(=O)([O-])OCC[N+](C)(C)C)C(O)/C=C/CC/C=C/CC/C=C/CCCCCCCCCCC. The largest absolute Gasteiger partial charge is 0.756 e. The third-order valence-corrected chi connectivity index (χ3v) is 13.2. The van der Waals surface area contributed by atoms with Crippen LogP contribution in [0.3, 0.4) is 0 Å². The molecule has 0 aliphatic carbocycles. The maximum absolute atomic E-state index is 13.0. The van der Waals surface area contributed by atoms with Gasteiger partial charge < -0.3 is 28.8 Å². The van der Waals surface area contributed by atoms with E-state index in [-0.39, 0.29) is 18.9 Å². The Kier molecular flexibility index (Phi) is 53.0. The van der Waals surface area contributed by atoms with Gasteiger partial charge in [-0.25, -0.2) is 0 Å². The van der Waals surface area contributed by atoms with Gasteiger partial charge in [-0.2, -0.15) is 0 Å². The highest BCUT2D eigenvalue weighted by Crippen LogP contribution is 2.38. The van der Waals surface area contributed by atoms with Crippen molar-refractivity contribution in [2.24, 2.45) is 0 Å². The Morgan fingerprint density at radius 3 is 1.22 bits per heavy atom. The fraction of sp³-hybridized carbons (Fsp3) is 0.597. The number of unbranched alkanes of at least 4 members (excludes halogenated alkanes) is 15. The predicted molar refractivity (Wildman–Crippen MR) is 329 cm³/mol. The molecule has 0 aromatic rings. The molecule has 0 fully saturated rings. The van der Waals surface area contributed by atoms with Crippen LogP contribution in [0.25, 0.3) is 0 Å². The summed E-state index contributed by atoms with van der Waals surface area (Å²) in [6, 6.07) is -0.937. The standard InChI is InChI=1S/C67H111N2O6P/c1-6-8-10-12-14-16-18-20-22-24-26-27-28-29-30-31-32-33-34-35-36-37-38-39-40-41-43-45-47-49-51-53-55-57-59-61-67(71)68-65(64-75-76(72,73)74-63-62-69(3,4)5)66(70)60-58-56-54-52-50-48-46-44-42-25-23-21-19-17-15-13-11-9-7-2/h8,10,14,16,20,22,26-27,29-30,32-33,35-36,38-39,41-44,47,49-50,52,58,60,65-66,70H,6-7,9,11-13,15,17-19,21,23-25,28,31,34,37,40,45-46,48,51,53-57,59,61-64H2,1-5H3,(H-,68,71,72,73)/b10-8-,16-14-,22-20-,27-26-,30-29-,33-32-,36-35-,39-38-,43-41-,44-42+,49-47-,52-50+,60-58+. The molecule has 3 unspecified atom stereocenters. The van der Waals surface area contributed by atoms with Crippen molar-refractivity contribution in [1.82, 2.24) is 5.32 Å². The van der Waals surface area contributed by atoms with E-state index < -0.39 is 26.6 Å². The first-order valence-electron chi connectivity index (χ1n) is 29.8. The van der Waals surface area contributed by atoms with Gasteiger partial charge in [0.05, 0.1) is 39.9 Å². The van der Waals surface area contributed by atoms with E-state index in [0.717, 1.165) is 109 Å². The van der Waals surface area contributed by atoms with Gasteiger partial charge >= 0.3 is 0 Å². The molecule has 0 rings (SSSR count). The van der Waals surface area contributed by atoms with Crippen LogP contribution in [0.5, 0.6) is 0 Å². The second-order valence-electron chi connectivity index (χ2n) is 20.6. The molecule has 0 aromatic heterocycles. The van der Waals surface area contributed by atoms with Crippen LogP contribution in [-0.2, 0) is 18.4 Å². The van der Waals surface area contributed by atoms with E-state index in [9.17, 15) is 19.4 Å². The Labute approximate surface area is 467 Å². The molecule has 2 N–H and O–H groups in total. The van der Waals surface area contributed by atoms with Gasteiger partial charge in [0.15, 0.2) is 0 Å². The number of carbonyl (C=O) groups is 1. The Hall–Kier alpha value is -3.88. The van der Waals surface area contributed by atoms with Gasteiger partial charge in [-0.15, -0.1) is 0 Å². The van der Waals surface area contributed by atoms with Gasteiger partial charge in [-0.05, 0) is 122 Å². The number of phosphoric ester groups is 1. The summed E-state index contributed by atoms with van der Waals surface area (Å²) in [5.74, 6) is -0.243. The number of amides is 1. The van der Waals surface area contributed by atoms with Crippen LogP contribution in [0, 0.1) is 0 Å². The number of hydrogen-bond donors (Lipinski definition) is 2. The summed E-state index contributed by atoms with van der Waals surface area (Å²) in [5.41, 5.74) is 0. The summed E-state index contributed by atoms with van der Waals surface area (Å²) in [7, 11) is 1.19. The van der Waals surface area contributed by atoms with Crippen LogP contribution in [0.15, 0.2) is 158 Å². The van der Waals surface area contributed by atoms with Crippen LogP contribution in [0.4, 0.5) is 0 Å². The van der Waals surface area contributed by atoms with Crippen molar-refractivity contribution in [3.63, 3.8) is 0 Å². The average Bonchev–Trinajstić information content (AvgIpc) is 3.38. The van der Waals surface area contributed by atoms with Crippen molar-refractivity contribution in [2.75, 3.05) is 40.9 Å². The minimum Gasteiger partial charge on any atom is -0.756 e. The summed E-state index contributed by atoms with van der Waals surface area (Å²) in [6.07, 6.45) is 87.5. The number of likely N-dealkylation sites (N-methyl/N-ethyl adjacent to an activating group) is 1. The number of phosphoric acid groups is 1. The molecular weight excluding hydrogens is 960 g/mol. The lowest BCUT2D eigenvalue weighted by atomic mass is 10.1. The summed E-state index contributed by atoms with van der Waals surface area (Å²) in [6.45, 7) is 4.46. The predicted octanol–water partition coefficient (Wildman–Crippen LogP) is 18.0. The Morgan fingerprint density at radius 1 is 0.474 bits per heavy atom. The zero-order chi connectivity index (χ0) is 55.6. The minimum atomic E-state index is -4.63. The smallest absolute Gasteiger partial charge is 0.268 e. The summed E-state index contributed by atoms with van der Waals surface area (Å²) in [5, 5.41) is 13.8. The molecule has 76 heavy (non-hydrogen) atoms. The van der Waals surface area contributed by atoms with E-state index in [2.05, 4.69) is 165 Å². The molecule has 0 saturated carbocycles. The first kappa shape index (κ1) is 72.1. The molecule has 3 atom stereocenters. The lowest BCUT2D eigenvalue weighted by Crippen LogP contribution is -2.45. The number of aliphatic hydroxyl groups is 1. The van der Waals surface area contributed by atoms with Crippen molar-refractivity contribution < 1.29 is 32.9 Å². The zero-order valence-electron chi connectivity index (χ0n) is 48.9. The molecule has 0 aliphatic rings. The highest BCUT2D eigenvalue weighted by Gasteiger charge is 2.23. The van der Waals surface area contributed by atoms with Gasteiger partial charge in [0.1, 0.15) is 13.2 Å². The van der Waals surface area contributed by atoms with Crippen molar-refractivity contribution in [3.8, 4) is 0 Å². The molecule has 430 valence electrons. The Balaban J connectivity index is 4.34. The number of rotatable bonds is 52. The Morgan fingerprint density at radius 2 is 0.816 bits per heavy atom. The van der Waals surface area contributed by atoms with E-state index in [1.807, 2.05) is 27.2 Å². The summed E-state index contributed by atoms with van der Waals surface area (Å²) >= 11 is 0. The first-order valence-corrected chi connectivity index (χ1v) is 31.3. The maximum atomic E-state index is 13.0. The third-order valence-electron chi connectivity index (χ3n) is 12.2. The number of nitrogens with one attached hydrogen (secondary N) is 1. The van der Waals surface area contributed by atoms with Crippen molar-refractivity contribution >= 4 is 13.7 Å². The second-order valence-corrected chi connectivity index (χ2v) is 22.0. The van der Waals surface area contributed by atoms with Crippen LogP contribution < -0.4 is 10.2 Å². The van der Waals surface area contributed by atoms with Crippen LogP contribution in [0.2, 0.25) is 0 Å². The number of quaternary nitrogens is 1. The third kappa shape index (κ3) is 57.8. The van der Waals surface area contributed by atoms with E-state index in [1.165, 1.54) is 64.2 Å². The van der Waals surface area contributed by atoms with Crippen LogP contribution >= 0.6 is 7.82 Å². The molecule has 0 aromatic carbocycles. The molecule has 0 heterocycles. The molecule has 0 aliphatic heterocycles. The fourth-order valence-corrected chi connectivity index (χ4v) is 8.29. The Bertz CT molecular complexity index is 1790. The lowest BCUT2D eigenvalue weighted by Gasteiger charge is -2.29. The molecule has 8 nitrogen and oxygen atoms in total. The van der Waals surface area contributed by atoms with E-state index in [4.69, 9.17) is 9.05 Å². The second kappa shape index (κ2) is 55.9. The molecular formula is C67H111N2O6P. The number of aliphatic hydroxyl groups excluding tert-OH is 1.